The molecule has 21 heavy (non-hydrogen) atoms. The minimum absolute atomic E-state index is 0.275. The predicted molar refractivity (Wildman–Crippen MR) is 90.2 cm³/mol. The summed E-state index contributed by atoms with van der Waals surface area (Å²) in [6.45, 7) is 1.92. The van der Waals surface area contributed by atoms with Gasteiger partial charge in [-0.1, -0.05) is 46.4 Å². The Morgan fingerprint density at radius 1 is 0.952 bits per heavy atom. The second-order valence-corrected chi connectivity index (χ2v) is 5.72. The first-order chi connectivity index (χ1) is 9.92. The van der Waals surface area contributed by atoms with Gasteiger partial charge in [-0.3, -0.25) is 4.79 Å². The van der Waals surface area contributed by atoms with Gasteiger partial charge < -0.3 is 10.6 Å². The first-order valence-corrected chi connectivity index (χ1v) is 7.30. The fraction of sp³-hybridized carbons (Fsp3) is 0.133. The Balaban J connectivity index is 2.34. The maximum absolute atomic E-state index is 12.4. The summed E-state index contributed by atoms with van der Waals surface area (Å²) in [5.41, 5.74) is 2.66. The molecule has 0 fully saturated rings. The van der Waals surface area contributed by atoms with Gasteiger partial charge in [-0.15, -0.1) is 0 Å². The fourth-order valence-corrected chi connectivity index (χ4v) is 2.47. The molecule has 0 aliphatic heterocycles. The number of halogens is 3. The Labute approximate surface area is 138 Å². The third-order valence-electron chi connectivity index (χ3n) is 2.95. The van der Waals surface area contributed by atoms with E-state index in [1.54, 1.807) is 13.1 Å². The van der Waals surface area contributed by atoms with E-state index >= 15 is 0 Å². The molecule has 2 aromatic carbocycles. The molecule has 0 heterocycles. The SMILES string of the molecule is CNc1ccc(C)cc1C(=O)Nc1cc(Cl)c(Cl)cc1Cl. The normalized spacial score (nSPS) is 10.3. The Morgan fingerprint density at radius 2 is 1.62 bits per heavy atom. The second-order valence-electron chi connectivity index (χ2n) is 4.50. The molecule has 0 bridgehead atoms. The first kappa shape index (κ1) is 16.0. The summed E-state index contributed by atoms with van der Waals surface area (Å²) in [6.07, 6.45) is 0. The molecule has 0 aliphatic rings. The van der Waals surface area contributed by atoms with Crippen LogP contribution in [0.4, 0.5) is 11.4 Å². The predicted octanol–water partition coefficient (Wildman–Crippen LogP) is 5.25. The van der Waals surface area contributed by atoms with Gasteiger partial charge in [-0.2, -0.15) is 0 Å². The van der Waals surface area contributed by atoms with Crippen LogP contribution in [0.5, 0.6) is 0 Å². The summed E-state index contributed by atoms with van der Waals surface area (Å²) in [7, 11) is 1.76. The maximum atomic E-state index is 12.4. The highest BCUT2D eigenvalue weighted by Crippen LogP contribution is 2.32. The van der Waals surface area contributed by atoms with Crippen LogP contribution >= 0.6 is 34.8 Å². The molecule has 0 saturated heterocycles. The highest BCUT2D eigenvalue weighted by molar-refractivity contribution is 6.44. The Hall–Kier alpha value is -1.42. The monoisotopic (exact) mass is 342 g/mol. The van der Waals surface area contributed by atoms with Crippen LogP contribution in [0.1, 0.15) is 15.9 Å². The summed E-state index contributed by atoms with van der Waals surface area (Å²) in [5, 5.41) is 6.72. The number of hydrogen-bond acceptors (Lipinski definition) is 2. The number of hydrogen-bond donors (Lipinski definition) is 2. The van der Waals surface area contributed by atoms with E-state index in [9.17, 15) is 4.79 Å². The van der Waals surface area contributed by atoms with Crippen LogP contribution in [0.3, 0.4) is 0 Å². The van der Waals surface area contributed by atoms with Crippen molar-refractivity contribution in [1.29, 1.82) is 0 Å². The lowest BCUT2D eigenvalue weighted by molar-refractivity contribution is 0.102. The molecular formula is C15H13Cl3N2O. The number of carbonyl (C=O) groups excluding carboxylic acids is 1. The summed E-state index contributed by atoms with van der Waals surface area (Å²) in [5.74, 6) is -0.275. The zero-order valence-corrected chi connectivity index (χ0v) is 13.7. The van der Waals surface area contributed by atoms with Gasteiger partial charge in [0.1, 0.15) is 0 Å². The van der Waals surface area contributed by atoms with Gasteiger partial charge in [0.25, 0.3) is 5.91 Å². The van der Waals surface area contributed by atoms with Crippen LogP contribution < -0.4 is 10.6 Å². The zero-order chi connectivity index (χ0) is 15.6. The molecule has 2 rings (SSSR count). The van der Waals surface area contributed by atoms with E-state index in [0.29, 0.717) is 26.3 Å². The van der Waals surface area contributed by atoms with Gasteiger partial charge >= 0.3 is 0 Å². The third kappa shape index (κ3) is 3.62. The van der Waals surface area contributed by atoms with Crippen molar-refractivity contribution >= 4 is 52.1 Å². The topological polar surface area (TPSA) is 41.1 Å². The van der Waals surface area contributed by atoms with Crippen LogP contribution in [-0.4, -0.2) is 13.0 Å². The fourth-order valence-electron chi connectivity index (χ4n) is 1.87. The molecular weight excluding hydrogens is 331 g/mol. The lowest BCUT2D eigenvalue weighted by atomic mass is 10.1. The minimum Gasteiger partial charge on any atom is -0.387 e. The molecule has 6 heteroatoms. The summed E-state index contributed by atoms with van der Waals surface area (Å²) in [6, 6.07) is 8.59. The standard InChI is InChI=1S/C15H13Cl3N2O/c1-8-3-4-13(19-2)9(5-8)15(21)20-14-7-11(17)10(16)6-12(14)18/h3-7,19H,1-2H3,(H,20,21). The van der Waals surface area contributed by atoms with Crippen molar-refractivity contribution in [1.82, 2.24) is 0 Å². The van der Waals surface area contributed by atoms with Gasteiger partial charge in [-0.25, -0.2) is 0 Å². The van der Waals surface area contributed by atoms with Crippen molar-refractivity contribution in [2.24, 2.45) is 0 Å². The number of benzene rings is 2. The molecule has 0 saturated carbocycles. The van der Waals surface area contributed by atoms with Crippen LogP contribution in [0, 0.1) is 6.92 Å². The van der Waals surface area contributed by atoms with E-state index in [1.807, 2.05) is 19.1 Å². The van der Waals surface area contributed by atoms with E-state index in [1.165, 1.54) is 12.1 Å². The lowest BCUT2D eigenvalue weighted by Crippen LogP contribution is -2.14. The zero-order valence-electron chi connectivity index (χ0n) is 11.4. The van der Waals surface area contributed by atoms with Crippen molar-refractivity contribution in [3.8, 4) is 0 Å². The van der Waals surface area contributed by atoms with Crippen molar-refractivity contribution in [3.63, 3.8) is 0 Å². The molecule has 1 amide bonds. The number of aryl methyl sites for hydroxylation is 1. The lowest BCUT2D eigenvalue weighted by Gasteiger charge is -2.12. The minimum atomic E-state index is -0.275. The quantitative estimate of drug-likeness (QED) is 0.747. The van der Waals surface area contributed by atoms with Crippen LogP contribution in [-0.2, 0) is 0 Å². The summed E-state index contributed by atoms with van der Waals surface area (Å²) in [4.78, 5) is 12.4. The van der Waals surface area contributed by atoms with Crippen LogP contribution in [0.15, 0.2) is 30.3 Å². The first-order valence-electron chi connectivity index (χ1n) is 6.16. The van der Waals surface area contributed by atoms with Gasteiger partial charge in [0.2, 0.25) is 0 Å². The highest BCUT2D eigenvalue weighted by Gasteiger charge is 2.14. The van der Waals surface area contributed by atoms with E-state index in [4.69, 9.17) is 34.8 Å². The number of nitrogens with one attached hydrogen (secondary N) is 2. The largest absolute Gasteiger partial charge is 0.387 e. The highest BCUT2D eigenvalue weighted by atomic mass is 35.5. The van der Waals surface area contributed by atoms with Crippen molar-refractivity contribution in [2.45, 2.75) is 6.92 Å². The molecule has 3 nitrogen and oxygen atoms in total. The average molecular weight is 344 g/mol. The third-order valence-corrected chi connectivity index (χ3v) is 3.98. The Bertz CT molecular complexity index is 702. The number of carbonyl (C=O) groups is 1. The molecule has 0 aromatic heterocycles. The molecule has 2 aromatic rings. The van der Waals surface area contributed by atoms with Gasteiger partial charge in [0.15, 0.2) is 0 Å². The van der Waals surface area contributed by atoms with Gasteiger partial charge in [-0.05, 0) is 31.2 Å². The van der Waals surface area contributed by atoms with Crippen molar-refractivity contribution in [2.75, 3.05) is 17.7 Å². The number of rotatable bonds is 3. The van der Waals surface area contributed by atoms with Crippen molar-refractivity contribution < 1.29 is 4.79 Å². The molecule has 0 atom stereocenters. The number of anilines is 2. The van der Waals surface area contributed by atoms with Gasteiger partial charge in [0.05, 0.1) is 26.3 Å². The molecule has 2 N–H and O–H groups in total. The molecule has 0 radical (unpaired) electrons. The van der Waals surface area contributed by atoms with Crippen LogP contribution in [0.2, 0.25) is 15.1 Å². The van der Waals surface area contributed by atoms with E-state index < -0.39 is 0 Å². The number of amides is 1. The molecule has 0 unspecified atom stereocenters. The van der Waals surface area contributed by atoms with Crippen molar-refractivity contribution in [3.05, 3.63) is 56.5 Å². The van der Waals surface area contributed by atoms with Gasteiger partial charge in [0, 0.05) is 12.7 Å². The second kappa shape index (κ2) is 6.56. The van der Waals surface area contributed by atoms with E-state index in [0.717, 1.165) is 11.3 Å². The maximum Gasteiger partial charge on any atom is 0.257 e. The van der Waals surface area contributed by atoms with E-state index in [-0.39, 0.29) is 5.91 Å². The smallest absolute Gasteiger partial charge is 0.257 e. The van der Waals surface area contributed by atoms with E-state index in [2.05, 4.69) is 10.6 Å². The summed E-state index contributed by atoms with van der Waals surface area (Å²) >= 11 is 17.9. The molecule has 0 aliphatic carbocycles. The Morgan fingerprint density at radius 3 is 2.29 bits per heavy atom. The molecule has 110 valence electrons. The molecule has 0 spiro atoms. The Kier molecular flexibility index (Phi) is 4.99. The van der Waals surface area contributed by atoms with Crippen LogP contribution in [0.25, 0.3) is 0 Å². The average Bonchev–Trinajstić information content (AvgIpc) is 2.44. The summed E-state index contributed by atoms with van der Waals surface area (Å²) < 4.78 is 0.